The Kier molecular flexibility index (Phi) is 5.58. The lowest BCUT2D eigenvalue weighted by Crippen LogP contribution is -2.51. The van der Waals surface area contributed by atoms with Gasteiger partial charge in [-0.1, -0.05) is 6.92 Å². The summed E-state index contributed by atoms with van der Waals surface area (Å²) in [5.41, 5.74) is -0.821. The van der Waals surface area contributed by atoms with E-state index in [-0.39, 0.29) is 0 Å². The molecule has 2 unspecified atom stereocenters. The maximum Gasteiger partial charge on any atom is 0.324 e. The van der Waals surface area contributed by atoms with E-state index in [1.165, 1.54) is 0 Å². The highest BCUT2D eigenvalue weighted by atomic mass is 32.2. The molecule has 1 heterocycles. The van der Waals surface area contributed by atoms with Crippen LogP contribution in [0, 0.1) is 0 Å². The monoisotopic (exact) mass is 247 g/mol. The minimum Gasteiger partial charge on any atom is -0.480 e. The van der Waals surface area contributed by atoms with Crippen molar-refractivity contribution in [2.45, 2.75) is 38.3 Å². The van der Waals surface area contributed by atoms with Crippen molar-refractivity contribution < 1.29 is 14.6 Å². The Morgan fingerprint density at radius 3 is 2.94 bits per heavy atom. The van der Waals surface area contributed by atoms with Crippen LogP contribution in [0.4, 0.5) is 0 Å². The zero-order valence-corrected chi connectivity index (χ0v) is 10.8. The number of thioether (sulfide) groups is 1. The Morgan fingerprint density at radius 2 is 2.44 bits per heavy atom. The van der Waals surface area contributed by atoms with Crippen molar-refractivity contribution in [3.63, 3.8) is 0 Å². The summed E-state index contributed by atoms with van der Waals surface area (Å²) in [5, 5.41) is 12.2. The van der Waals surface area contributed by atoms with Gasteiger partial charge in [-0.15, -0.1) is 0 Å². The quantitative estimate of drug-likeness (QED) is 0.711. The Bertz CT molecular complexity index is 231. The molecule has 0 aromatic carbocycles. The molecule has 0 radical (unpaired) electrons. The number of hydrogen-bond acceptors (Lipinski definition) is 4. The Morgan fingerprint density at radius 1 is 1.69 bits per heavy atom. The van der Waals surface area contributed by atoms with Crippen molar-refractivity contribution in [1.29, 1.82) is 0 Å². The van der Waals surface area contributed by atoms with Crippen LogP contribution < -0.4 is 5.32 Å². The van der Waals surface area contributed by atoms with E-state index in [2.05, 4.69) is 5.32 Å². The van der Waals surface area contributed by atoms with Gasteiger partial charge in [0, 0.05) is 18.1 Å². The summed E-state index contributed by atoms with van der Waals surface area (Å²) >= 11 is 1.66. The lowest BCUT2D eigenvalue weighted by molar-refractivity contribution is -0.143. The van der Waals surface area contributed by atoms with Gasteiger partial charge in [0.1, 0.15) is 5.54 Å². The Hall–Kier alpha value is -0.260. The number of ether oxygens (including phenoxy) is 1. The maximum atomic E-state index is 11.1. The smallest absolute Gasteiger partial charge is 0.324 e. The number of likely N-dealkylation sites (N-methyl/N-ethyl adjacent to an activating group) is 1. The molecule has 1 saturated heterocycles. The Labute approximate surface area is 101 Å². The van der Waals surface area contributed by atoms with Crippen LogP contribution in [0.3, 0.4) is 0 Å². The first-order valence-corrected chi connectivity index (χ1v) is 6.91. The van der Waals surface area contributed by atoms with E-state index in [4.69, 9.17) is 9.84 Å². The second kappa shape index (κ2) is 6.47. The molecule has 1 aliphatic heterocycles. The molecule has 1 rings (SSSR count). The molecule has 0 aromatic heterocycles. The average Bonchev–Trinajstić information content (AvgIpc) is 2.70. The molecule has 0 amide bonds. The highest BCUT2D eigenvalue weighted by Gasteiger charge is 2.32. The topological polar surface area (TPSA) is 58.6 Å². The standard InChI is InChI=1S/C11H21NO3S/c1-3-12-11(2,10(13)14)8-16-7-9-5-4-6-15-9/h9,12H,3-8H2,1-2H3,(H,13,14). The Balaban J connectivity index is 2.29. The van der Waals surface area contributed by atoms with E-state index in [1.807, 2.05) is 6.92 Å². The molecule has 4 nitrogen and oxygen atoms in total. The second-order valence-corrected chi connectivity index (χ2v) is 5.35. The predicted octanol–water partition coefficient (Wildman–Crippen LogP) is 1.35. The summed E-state index contributed by atoms with van der Waals surface area (Å²) < 4.78 is 5.50. The molecule has 0 saturated carbocycles. The zero-order valence-electron chi connectivity index (χ0n) is 9.99. The normalized spacial score (nSPS) is 24.2. The van der Waals surface area contributed by atoms with Gasteiger partial charge in [-0.2, -0.15) is 11.8 Å². The van der Waals surface area contributed by atoms with Gasteiger partial charge in [0.15, 0.2) is 0 Å². The third kappa shape index (κ3) is 3.96. The van der Waals surface area contributed by atoms with Crippen molar-refractivity contribution in [2.75, 3.05) is 24.7 Å². The van der Waals surface area contributed by atoms with Crippen molar-refractivity contribution in [3.05, 3.63) is 0 Å². The van der Waals surface area contributed by atoms with Gasteiger partial charge >= 0.3 is 5.97 Å². The third-order valence-corrected chi connectivity index (χ3v) is 4.15. The molecule has 1 fully saturated rings. The molecular weight excluding hydrogens is 226 g/mol. The fourth-order valence-corrected chi connectivity index (χ4v) is 3.03. The molecule has 1 aliphatic rings. The van der Waals surface area contributed by atoms with Crippen LogP contribution in [0.2, 0.25) is 0 Å². The van der Waals surface area contributed by atoms with Gasteiger partial charge < -0.3 is 15.2 Å². The highest BCUT2D eigenvalue weighted by Crippen LogP contribution is 2.20. The lowest BCUT2D eigenvalue weighted by atomic mass is 10.1. The minimum absolute atomic E-state index is 0.324. The predicted molar refractivity (Wildman–Crippen MR) is 66.0 cm³/mol. The minimum atomic E-state index is -0.821. The molecule has 5 heteroatoms. The van der Waals surface area contributed by atoms with E-state index in [0.29, 0.717) is 18.4 Å². The first-order valence-electron chi connectivity index (χ1n) is 5.76. The highest BCUT2D eigenvalue weighted by molar-refractivity contribution is 7.99. The third-order valence-electron chi connectivity index (χ3n) is 2.76. The summed E-state index contributed by atoms with van der Waals surface area (Å²) in [5.74, 6) is 0.693. The number of carboxylic acids is 1. The number of aliphatic carboxylic acids is 1. The van der Waals surface area contributed by atoms with Crippen LogP contribution in [0.15, 0.2) is 0 Å². The summed E-state index contributed by atoms with van der Waals surface area (Å²) in [6.07, 6.45) is 2.57. The van der Waals surface area contributed by atoms with Gasteiger partial charge in [-0.05, 0) is 26.3 Å². The number of rotatable bonds is 7. The number of nitrogens with one attached hydrogen (secondary N) is 1. The first-order chi connectivity index (χ1) is 7.58. The number of hydrogen-bond donors (Lipinski definition) is 2. The van der Waals surface area contributed by atoms with E-state index >= 15 is 0 Å². The molecule has 0 aromatic rings. The molecular formula is C11H21NO3S. The fourth-order valence-electron chi connectivity index (χ4n) is 1.75. The fraction of sp³-hybridized carbons (Fsp3) is 0.909. The van der Waals surface area contributed by atoms with Crippen LogP contribution in [-0.4, -0.2) is 47.4 Å². The molecule has 16 heavy (non-hydrogen) atoms. The van der Waals surface area contributed by atoms with Gasteiger partial charge in [0.25, 0.3) is 0 Å². The van der Waals surface area contributed by atoms with Crippen molar-refractivity contribution in [3.8, 4) is 0 Å². The summed E-state index contributed by atoms with van der Waals surface area (Å²) in [4.78, 5) is 11.1. The molecule has 2 N–H and O–H groups in total. The van der Waals surface area contributed by atoms with E-state index in [0.717, 1.165) is 25.2 Å². The molecule has 0 aliphatic carbocycles. The van der Waals surface area contributed by atoms with E-state index < -0.39 is 11.5 Å². The van der Waals surface area contributed by atoms with Crippen molar-refractivity contribution in [2.24, 2.45) is 0 Å². The van der Waals surface area contributed by atoms with Crippen molar-refractivity contribution in [1.82, 2.24) is 5.32 Å². The van der Waals surface area contributed by atoms with Gasteiger partial charge in [-0.3, -0.25) is 4.79 Å². The molecule has 0 bridgehead atoms. The van der Waals surface area contributed by atoms with Crippen LogP contribution in [0.5, 0.6) is 0 Å². The van der Waals surface area contributed by atoms with Crippen LogP contribution in [0.25, 0.3) is 0 Å². The SMILES string of the molecule is CCNC(C)(CSCC1CCCO1)C(=O)O. The van der Waals surface area contributed by atoms with Crippen LogP contribution in [0.1, 0.15) is 26.7 Å². The largest absolute Gasteiger partial charge is 0.480 e. The summed E-state index contributed by atoms with van der Waals surface area (Å²) in [7, 11) is 0. The summed E-state index contributed by atoms with van der Waals surface area (Å²) in [6.45, 7) is 5.19. The zero-order chi connectivity index (χ0) is 12.0. The van der Waals surface area contributed by atoms with Crippen LogP contribution in [-0.2, 0) is 9.53 Å². The number of carbonyl (C=O) groups is 1. The van der Waals surface area contributed by atoms with E-state index in [1.54, 1.807) is 18.7 Å². The molecule has 2 atom stereocenters. The van der Waals surface area contributed by atoms with E-state index in [9.17, 15) is 4.79 Å². The lowest BCUT2D eigenvalue weighted by Gasteiger charge is -2.25. The first kappa shape index (κ1) is 13.8. The second-order valence-electron chi connectivity index (χ2n) is 4.32. The molecule has 0 spiro atoms. The molecule has 94 valence electrons. The summed E-state index contributed by atoms with van der Waals surface area (Å²) in [6, 6.07) is 0. The van der Waals surface area contributed by atoms with Crippen LogP contribution >= 0.6 is 11.8 Å². The van der Waals surface area contributed by atoms with Crippen molar-refractivity contribution >= 4 is 17.7 Å². The number of carboxylic acid groups (broad SMARTS) is 1. The average molecular weight is 247 g/mol. The maximum absolute atomic E-state index is 11.1. The van der Waals surface area contributed by atoms with Gasteiger partial charge in [-0.25, -0.2) is 0 Å². The van der Waals surface area contributed by atoms with Gasteiger partial charge in [0.05, 0.1) is 6.10 Å². The van der Waals surface area contributed by atoms with Gasteiger partial charge in [0.2, 0.25) is 0 Å².